The Morgan fingerprint density at radius 1 is 0.882 bits per heavy atom. The van der Waals surface area contributed by atoms with Gasteiger partial charge in [-0.05, 0) is 39.7 Å². The molecule has 0 aromatic rings. The molecule has 1 heterocycles. The Bertz CT molecular complexity index is 610. The van der Waals surface area contributed by atoms with Crippen LogP contribution in [0.2, 0.25) is 0 Å². The molecular weight excluding hydrogens is 450 g/mol. The number of allylic oxidation sites excluding steroid dienone is 1. The van der Waals surface area contributed by atoms with Gasteiger partial charge in [0.25, 0.3) is 0 Å². The molecule has 0 fully saturated rings. The van der Waals surface area contributed by atoms with E-state index in [1.54, 1.807) is 13.8 Å². The zero-order chi connectivity index (χ0) is 25.5. The third-order valence-corrected chi connectivity index (χ3v) is 6.71. The summed E-state index contributed by atoms with van der Waals surface area (Å²) in [6.07, 6.45) is 24.1. The smallest absolute Gasteiger partial charge is 0.340 e. The van der Waals surface area contributed by atoms with E-state index in [-0.39, 0.29) is 19.4 Å². The SMILES string of the molecule is CCCCCCCCCCCCCCCC=CC1=NCCN1C(C)N.CCOS(=O)(=O)OCC. The van der Waals surface area contributed by atoms with Crippen LogP contribution in [0.4, 0.5) is 0 Å². The van der Waals surface area contributed by atoms with E-state index in [0.717, 1.165) is 18.9 Å². The van der Waals surface area contributed by atoms with Crippen LogP contribution in [0.25, 0.3) is 0 Å². The average Bonchev–Trinajstić information content (AvgIpc) is 3.26. The summed E-state index contributed by atoms with van der Waals surface area (Å²) in [5, 5.41) is 0. The molecule has 0 amide bonds. The molecule has 0 spiro atoms. The molecule has 202 valence electrons. The van der Waals surface area contributed by atoms with Gasteiger partial charge in [-0.3, -0.25) is 4.99 Å². The molecule has 0 aliphatic carbocycles. The van der Waals surface area contributed by atoms with Crippen LogP contribution in [0.3, 0.4) is 0 Å². The van der Waals surface area contributed by atoms with Crippen LogP contribution in [0.5, 0.6) is 0 Å². The molecule has 0 saturated heterocycles. The minimum Gasteiger partial charge on any atom is -0.340 e. The predicted molar refractivity (Wildman–Crippen MR) is 144 cm³/mol. The maximum atomic E-state index is 10.4. The number of nitrogens with zero attached hydrogens (tertiary/aromatic N) is 2. The van der Waals surface area contributed by atoms with Crippen LogP contribution in [-0.4, -0.2) is 51.6 Å². The van der Waals surface area contributed by atoms with E-state index in [1.807, 2.05) is 6.92 Å². The monoisotopic (exact) mass is 503 g/mol. The Labute approximate surface area is 210 Å². The van der Waals surface area contributed by atoms with Crippen molar-refractivity contribution in [1.82, 2.24) is 4.90 Å². The lowest BCUT2D eigenvalue weighted by Gasteiger charge is -2.22. The number of hydrogen-bond donors (Lipinski definition) is 1. The molecular formula is C26H53N3O4S. The lowest BCUT2D eigenvalue weighted by atomic mass is 10.0. The minimum atomic E-state index is -3.68. The van der Waals surface area contributed by atoms with E-state index >= 15 is 0 Å². The van der Waals surface area contributed by atoms with Crippen molar-refractivity contribution in [3.8, 4) is 0 Å². The molecule has 0 saturated carbocycles. The maximum absolute atomic E-state index is 10.4. The van der Waals surface area contributed by atoms with Crippen molar-refractivity contribution >= 4 is 16.2 Å². The zero-order valence-electron chi connectivity index (χ0n) is 22.5. The highest BCUT2D eigenvalue weighted by Crippen LogP contribution is 2.13. The van der Waals surface area contributed by atoms with Crippen molar-refractivity contribution in [1.29, 1.82) is 0 Å². The highest BCUT2D eigenvalue weighted by molar-refractivity contribution is 7.81. The number of hydrogen-bond acceptors (Lipinski definition) is 7. The molecule has 34 heavy (non-hydrogen) atoms. The predicted octanol–water partition coefficient (Wildman–Crippen LogP) is 6.35. The van der Waals surface area contributed by atoms with Crippen LogP contribution in [0, 0.1) is 0 Å². The molecule has 1 aliphatic rings. The summed E-state index contributed by atoms with van der Waals surface area (Å²) in [6.45, 7) is 9.56. The molecule has 1 aliphatic heterocycles. The third kappa shape index (κ3) is 19.4. The van der Waals surface area contributed by atoms with Gasteiger partial charge < -0.3 is 10.6 Å². The van der Waals surface area contributed by atoms with E-state index in [2.05, 4.69) is 37.3 Å². The van der Waals surface area contributed by atoms with Gasteiger partial charge in [-0.15, -0.1) is 0 Å². The van der Waals surface area contributed by atoms with Crippen LogP contribution in [0.1, 0.15) is 118 Å². The molecule has 0 aromatic carbocycles. The molecule has 2 N–H and O–H groups in total. The Morgan fingerprint density at radius 2 is 1.35 bits per heavy atom. The number of unbranched alkanes of at least 4 members (excludes halogenated alkanes) is 13. The van der Waals surface area contributed by atoms with Gasteiger partial charge in [0, 0.05) is 6.54 Å². The van der Waals surface area contributed by atoms with Crippen LogP contribution < -0.4 is 5.73 Å². The summed E-state index contributed by atoms with van der Waals surface area (Å²) >= 11 is 0. The molecule has 0 aromatic heterocycles. The van der Waals surface area contributed by atoms with Gasteiger partial charge in [-0.2, -0.15) is 8.42 Å². The van der Waals surface area contributed by atoms with E-state index in [0.29, 0.717) is 0 Å². The minimum absolute atomic E-state index is 0.0715. The topological polar surface area (TPSA) is 94.2 Å². The van der Waals surface area contributed by atoms with Crippen LogP contribution in [-0.2, 0) is 18.8 Å². The normalized spacial score (nSPS) is 14.9. The lowest BCUT2D eigenvalue weighted by Crippen LogP contribution is -2.41. The van der Waals surface area contributed by atoms with Crippen LogP contribution in [0.15, 0.2) is 17.1 Å². The second kappa shape index (κ2) is 22.5. The van der Waals surface area contributed by atoms with E-state index in [4.69, 9.17) is 5.73 Å². The van der Waals surface area contributed by atoms with Crippen molar-refractivity contribution in [3.63, 3.8) is 0 Å². The standard InChI is InChI=1S/C22H43N3.C4H10O4S/c1-3-4-5-6-7-8-9-10-11-12-13-14-15-16-17-18-22-24-19-20-25(22)21(2)23;1-3-7-9(5,6)8-4-2/h17-18,21H,3-16,19-20,23H2,1-2H3;3-4H2,1-2H3. The van der Waals surface area contributed by atoms with Crippen molar-refractivity contribution < 1.29 is 16.8 Å². The summed E-state index contributed by atoms with van der Waals surface area (Å²) in [5.74, 6) is 1.07. The van der Waals surface area contributed by atoms with Crippen molar-refractivity contribution in [2.45, 2.75) is 124 Å². The van der Waals surface area contributed by atoms with Gasteiger partial charge >= 0.3 is 10.4 Å². The highest BCUT2D eigenvalue weighted by Gasteiger charge is 2.16. The van der Waals surface area contributed by atoms with Gasteiger partial charge in [0.05, 0.1) is 25.9 Å². The second-order valence-corrected chi connectivity index (χ2v) is 10.1. The zero-order valence-corrected chi connectivity index (χ0v) is 23.3. The number of amidine groups is 1. The van der Waals surface area contributed by atoms with Gasteiger partial charge in [0.2, 0.25) is 0 Å². The molecule has 0 bridgehead atoms. The Hall–Kier alpha value is -0.960. The first-order valence-electron chi connectivity index (χ1n) is 13.6. The largest absolute Gasteiger partial charge is 0.399 e. The van der Waals surface area contributed by atoms with Gasteiger partial charge in [0.15, 0.2) is 0 Å². The number of nitrogens with two attached hydrogens (primary N) is 1. The Morgan fingerprint density at radius 3 is 1.79 bits per heavy atom. The van der Waals surface area contributed by atoms with E-state index in [9.17, 15) is 8.42 Å². The summed E-state index contributed by atoms with van der Waals surface area (Å²) in [6, 6.07) is 0. The number of aliphatic imine (C=N–C) groups is 1. The Balaban J connectivity index is 0.00000102. The molecule has 1 atom stereocenters. The van der Waals surface area contributed by atoms with Crippen molar-refractivity contribution in [2.75, 3.05) is 26.3 Å². The average molecular weight is 504 g/mol. The van der Waals surface area contributed by atoms with Gasteiger partial charge in [-0.1, -0.05) is 90.0 Å². The van der Waals surface area contributed by atoms with Crippen LogP contribution >= 0.6 is 0 Å². The van der Waals surface area contributed by atoms with Gasteiger partial charge in [-0.25, -0.2) is 8.37 Å². The fraction of sp³-hybridized carbons (Fsp3) is 0.885. The van der Waals surface area contributed by atoms with E-state index in [1.165, 1.54) is 89.9 Å². The van der Waals surface area contributed by atoms with E-state index < -0.39 is 10.4 Å². The van der Waals surface area contributed by atoms with Crippen molar-refractivity contribution in [2.24, 2.45) is 10.7 Å². The highest BCUT2D eigenvalue weighted by atomic mass is 32.3. The molecule has 8 heteroatoms. The second-order valence-electron chi connectivity index (χ2n) is 8.83. The quantitative estimate of drug-likeness (QED) is 0.195. The fourth-order valence-electron chi connectivity index (χ4n) is 3.83. The third-order valence-electron chi connectivity index (χ3n) is 5.67. The summed E-state index contributed by atoms with van der Waals surface area (Å²) in [5.41, 5.74) is 5.96. The molecule has 1 rings (SSSR count). The molecule has 7 nitrogen and oxygen atoms in total. The first kappa shape index (κ1) is 33.0. The Kier molecular flexibility index (Phi) is 21.9. The van der Waals surface area contributed by atoms with Crippen molar-refractivity contribution in [3.05, 3.63) is 12.2 Å². The summed E-state index contributed by atoms with van der Waals surface area (Å²) in [4.78, 5) is 6.70. The first-order valence-corrected chi connectivity index (χ1v) is 15.0. The first-order chi connectivity index (χ1) is 16.4. The fourth-order valence-corrected chi connectivity index (χ4v) is 4.48. The number of rotatable bonds is 20. The molecule has 1 unspecified atom stereocenters. The van der Waals surface area contributed by atoms with Gasteiger partial charge in [0.1, 0.15) is 5.84 Å². The summed E-state index contributed by atoms with van der Waals surface area (Å²) in [7, 11) is -3.68. The lowest BCUT2D eigenvalue weighted by molar-refractivity contribution is 0.231. The maximum Gasteiger partial charge on any atom is 0.399 e. The molecule has 0 radical (unpaired) electrons. The summed E-state index contributed by atoms with van der Waals surface area (Å²) < 4.78 is 29.2.